The fraction of sp³-hybridized carbons (Fsp3) is 0.800. The van der Waals surface area contributed by atoms with Crippen molar-refractivity contribution in [3.05, 3.63) is 28.4 Å². The minimum absolute atomic E-state index is 0.0453. The molecule has 0 bridgehead atoms. The maximum absolute atomic E-state index is 12.4. The van der Waals surface area contributed by atoms with Gasteiger partial charge in [0.15, 0.2) is 0 Å². The first kappa shape index (κ1) is 19.5. The van der Waals surface area contributed by atoms with Crippen LogP contribution in [0, 0.1) is 5.92 Å². The molecule has 0 atom stereocenters. The van der Waals surface area contributed by atoms with Crippen molar-refractivity contribution in [1.82, 2.24) is 14.5 Å². The van der Waals surface area contributed by atoms with Crippen molar-refractivity contribution < 1.29 is 9.84 Å². The summed E-state index contributed by atoms with van der Waals surface area (Å²) in [4.78, 5) is 19.2. The van der Waals surface area contributed by atoms with E-state index < -0.39 is 5.60 Å². The van der Waals surface area contributed by atoms with Gasteiger partial charge in [0, 0.05) is 50.6 Å². The Morgan fingerprint density at radius 3 is 2.50 bits per heavy atom. The van der Waals surface area contributed by atoms with Gasteiger partial charge in [0.05, 0.1) is 17.6 Å². The molecule has 3 rings (SSSR count). The first-order valence-electron chi connectivity index (χ1n) is 9.85. The van der Waals surface area contributed by atoms with Crippen molar-refractivity contribution >= 4 is 0 Å². The van der Waals surface area contributed by atoms with Gasteiger partial charge in [-0.05, 0) is 31.8 Å². The van der Waals surface area contributed by atoms with Crippen molar-refractivity contribution in [2.24, 2.45) is 5.92 Å². The number of aromatic nitrogens is 2. The van der Waals surface area contributed by atoms with Crippen LogP contribution in [0.4, 0.5) is 0 Å². The standard InChI is InChI=1S/C20H33N3O3/c1-19(2,3)17-12-18(24)23(15-21-17)13-16-4-8-22(9-5-16)14-20(25)6-10-26-11-7-20/h12,15-16,25H,4-11,13-14H2,1-3H3. The lowest BCUT2D eigenvalue weighted by Crippen LogP contribution is -2.49. The van der Waals surface area contributed by atoms with Crippen molar-refractivity contribution in [2.45, 2.75) is 64.0 Å². The molecule has 0 radical (unpaired) electrons. The molecule has 2 fully saturated rings. The second-order valence-electron chi connectivity index (χ2n) is 9.07. The molecule has 2 aliphatic heterocycles. The number of ether oxygens (including phenoxy) is 1. The number of β-amino-alcohol motifs (C(OH)–C–C–N with tert-alkyl or cyclic N) is 1. The second-order valence-corrected chi connectivity index (χ2v) is 9.07. The van der Waals surface area contributed by atoms with Crippen LogP contribution in [0.2, 0.25) is 0 Å². The molecule has 1 N–H and O–H groups in total. The maximum atomic E-state index is 12.4. The van der Waals surface area contributed by atoms with E-state index in [1.54, 1.807) is 17.0 Å². The highest BCUT2D eigenvalue weighted by molar-refractivity contribution is 5.10. The summed E-state index contributed by atoms with van der Waals surface area (Å²) in [5.41, 5.74) is 0.199. The lowest BCUT2D eigenvalue weighted by molar-refractivity contribution is -0.0831. The van der Waals surface area contributed by atoms with E-state index >= 15 is 0 Å². The maximum Gasteiger partial charge on any atom is 0.253 e. The number of hydrogen-bond acceptors (Lipinski definition) is 5. The minimum atomic E-state index is -0.589. The van der Waals surface area contributed by atoms with Gasteiger partial charge in [-0.1, -0.05) is 20.8 Å². The summed E-state index contributed by atoms with van der Waals surface area (Å²) in [6.45, 7) is 11.0. The molecule has 0 saturated carbocycles. The first-order chi connectivity index (χ1) is 12.3. The molecular weight excluding hydrogens is 330 g/mol. The highest BCUT2D eigenvalue weighted by atomic mass is 16.5. The Bertz CT molecular complexity index is 651. The lowest BCUT2D eigenvalue weighted by atomic mass is 9.91. The zero-order valence-electron chi connectivity index (χ0n) is 16.4. The number of aliphatic hydroxyl groups is 1. The molecular formula is C20H33N3O3. The number of hydrogen-bond donors (Lipinski definition) is 1. The number of likely N-dealkylation sites (tertiary alicyclic amines) is 1. The third kappa shape index (κ3) is 4.93. The average molecular weight is 364 g/mol. The van der Waals surface area contributed by atoms with Gasteiger partial charge in [-0.25, -0.2) is 4.98 Å². The molecule has 0 aromatic carbocycles. The summed E-state index contributed by atoms with van der Waals surface area (Å²) < 4.78 is 7.11. The Morgan fingerprint density at radius 1 is 1.27 bits per heavy atom. The van der Waals surface area contributed by atoms with Gasteiger partial charge in [0.25, 0.3) is 5.56 Å². The Labute approximate surface area is 156 Å². The van der Waals surface area contributed by atoms with Gasteiger partial charge >= 0.3 is 0 Å². The Morgan fingerprint density at radius 2 is 1.92 bits per heavy atom. The van der Waals surface area contributed by atoms with Gasteiger partial charge in [-0.2, -0.15) is 0 Å². The van der Waals surface area contributed by atoms with Gasteiger partial charge in [0.2, 0.25) is 0 Å². The second kappa shape index (κ2) is 7.79. The Balaban J connectivity index is 1.52. The molecule has 1 aromatic rings. The molecule has 2 aliphatic rings. The largest absolute Gasteiger partial charge is 0.388 e. The smallest absolute Gasteiger partial charge is 0.253 e. The molecule has 6 heteroatoms. The lowest BCUT2D eigenvalue weighted by Gasteiger charge is -2.40. The molecule has 0 unspecified atom stereocenters. The number of nitrogens with zero attached hydrogens (tertiary/aromatic N) is 3. The predicted octanol–water partition coefficient (Wildman–Crippen LogP) is 1.79. The van der Waals surface area contributed by atoms with E-state index in [1.807, 2.05) is 0 Å². The molecule has 6 nitrogen and oxygen atoms in total. The SMILES string of the molecule is CC(C)(C)c1cc(=O)n(CC2CCN(CC3(O)CCOCC3)CC2)cn1. The van der Waals surface area contributed by atoms with E-state index in [2.05, 4.69) is 30.7 Å². The van der Waals surface area contributed by atoms with Gasteiger partial charge in [0.1, 0.15) is 0 Å². The summed E-state index contributed by atoms with van der Waals surface area (Å²) in [5.74, 6) is 0.496. The van der Waals surface area contributed by atoms with Crippen molar-refractivity contribution in [1.29, 1.82) is 0 Å². The van der Waals surface area contributed by atoms with Crippen molar-refractivity contribution in [3.63, 3.8) is 0 Å². The summed E-state index contributed by atoms with van der Waals surface area (Å²) >= 11 is 0. The van der Waals surface area contributed by atoms with Crippen molar-refractivity contribution in [3.8, 4) is 0 Å². The van der Waals surface area contributed by atoms with Crippen molar-refractivity contribution in [2.75, 3.05) is 32.8 Å². The van der Waals surface area contributed by atoms with E-state index in [0.717, 1.165) is 57.6 Å². The highest BCUT2D eigenvalue weighted by Gasteiger charge is 2.33. The first-order valence-corrected chi connectivity index (χ1v) is 9.85. The van der Waals surface area contributed by atoms with E-state index in [-0.39, 0.29) is 11.0 Å². The molecule has 146 valence electrons. The van der Waals surface area contributed by atoms with E-state index in [9.17, 15) is 9.90 Å². The monoisotopic (exact) mass is 363 g/mol. The Kier molecular flexibility index (Phi) is 5.85. The van der Waals surface area contributed by atoms with Crippen LogP contribution < -0.4 is 5.56 Å². The quantitative estimate of drug-likeness (QED) is 0.883. The molecule has 26 heavy (non-hydrogen) atoms. The third-order valence-corrected chi connectivity index (χ3v) is 5.75. The van der Waals surface area contributed by atoms with Crippen LogP contribution in [0.3, 0.4) is 0 Å². The van der Waals surface area contributed by atoms with Crippen LogP contribution in [0.15, 0.2) is 17.2 Å². The summed E-state index contributed by atoms with van der Waals surface area (Å²) in [5, 5.41) is 10.7. The molecule has 1 aromatic heterocycles. The van der Waals surface area contributed by atoms with Crippen LogP contribution in [0.5, 0.6) is 0 Å². The summed E-state index contributed by atoms with van der Waals surface area (Å²) in [7, 11) is 0. The third-order valence-electron chi connectivity index (χ3n) is 5.75. The topological polar surface area (TPSA) is 67.6 Å². The molecule has 2 saturated heterocycles. The van der Waals surface area contributed by atoms with Crippen LogP contribution in [-0.4, -0.2) is 58.0 Å². The zero-order chi connectivity index (χ0) is 18.8. The Hall–Kier alpha value is -1.24. The molecule has 0 aliphatic carbocycles. The number of rotatable bonds is 4. The van der Waals surface area contributed by atoms with Gasteiger partial charge in [-0.3, -0.25) is 9.36 Å². The normalized spacial score (nSPS) is 22.5. The fourth-order valence-corrected chi connectivity index (χ4v) is 3.90. The molecule has 3 heterocycles. The summed E-state index contributed by atoms with van der Waals surface area (Å²) in [6, 6.07) is 1.68. The highest BCUT2D eigenvalue weighted by Crippen LogP contribution is 2.25. The van der Waals surface area contributed by atoms with E-state index in [1.165, 1.54) is 0 Å². The van der Waals surface area contributed by atoms with Crippen LogP contribution in [0.1, 0.15) is 52.1 Å². The van der Waals surface area contributed by atoms with Crippen LogP contribution in [-0.2, 0) is 16.7 Å². The average Bonchev–Trinajstić information content (AvgIpc) is 2.58. The minimum Gasteiger partial charge on any atom is -0.388 e. The predicted molar refractivity (Wildman–Crippen MR) is 101 cm³/mol. The molecule has 0 amide bonds. The zero-order valence-corrected chi connectivity index (χ0v) is 16.4. The number of piperidine rings is 1. The fourth-order valence-electron chi connectivity index (χ4n) is 3.90. The van der Waals surface area contributed by atoms with Gasteiger partial charge in [-0.15, -0.1) is 0 Å². The van der Waals surface area contributed by atoms with Crippen LogP contribution in [0.25, 0.3) is 0 Å². The molecule has 0 spiro atoms. The summed E-state index contributed by atoms with van der Waals surface area (Å²) in [6.07, 6.45) is 5.28. The van der Waals surface area contributed by atoms with Gasteiger partial charge < -0.3 is 14.7 Å². The van der Waals surface area contributed by atoms with E-state index in [0.29, 0.717) is 19.1 Å². The van der Waals surface area contributed by atoms with E-state index in [4.69, 9.17) is 4.74 Å². The van der Waals surface area contributed by atoms with Crippen LogP contribution >= 0.6 is 0 Å².